The second kappa shape index (κ2) is 12.5. The third-order valence-electron chi connectivity index (χ3n) is 3.56. The van der Waals surface area contributed by atoms with Crippen molar-refractivity contribution in [2.45, 2.75) is 65.2 Å². The monoisotopic (exact) mass is 335 g/mol. The minimum Gasteiger partial charge on any atom is -0.312 e. The van der Waals surface area contributed by atoms with Gasteiger partial charge >= 0.3 is 11.9 Å². The van der Waals surface area contributed by atoms with Gasteiger partial charge in [-0.3, -0.25) is 4.79 Å². The van der Waals surface area contributed by atoms with E-state index in [2.05, 4.69) is 6.92 Å². The van der Waals surface area contributed by atoms with Gasteiger partial charge in [-0.25, -0.2) is 9.63 Å². The van der Waals surface area contributed by atoms with Crippen LogP contribution in [-0.2, 0) is 14.5 Å². The number of carbonyl (C=O) groups is 2. The molecule has 5 heteroatoms. The summed E-state index contributed by atoms with van der Waals surface area (Å²) in [7, 11) is 0. The first-order chi connectivity index (χ1) is 11.7. The Bertz CT molecular complexity index is 476. The molecule has 24 heavy (non-hydrogen) atoms. The van der Waals surface area contributed by atoms with Gasteiger partial charge in [0.1, 0.15) is 0 Å². The average molecular weight is 335 g/mol. The molecule has 0 spiro atoms. The third kappa shape index (κ3) is 8.11. The van der Waals surface area contributed by atoms with Crippen molar-refractivity contribution < 1.29 is 19.3 Å². The predicted molar refractivity (Wildman–Crippen MR) is 92.9 cm³/mol. The highest BCUT2D eigenvalue weighted by atomic mass is 17.0. The van der Waals surface area contributed by atoms with Gasteiger partial charge in [0.15, 0.2) is 0 Å². The zero-order chi connectivity index (χ0) is 17.6. The normalized spacial score (nSPS) is 10.4. The van der Waals surface area contributed by atoms with Gasteiger partial charge in [0.2, 0.25) is 0 Å². The molecular formula is C19H29NO4. The van der Waals surface area contributed by atoms with Crippen molar-refractivity contribution >= 4 is 11.9 Å². The molecular weight excluding hydrogens is 306 g/mol. The van der Waals surface area contributed by atoms with Crippen LogP contribution in [0, 0.1) is 0 Å². The van der Waals surface area contributed by atoms with Crippen molar-refractivity contribution in [1.29, 1.82) is 0 Å². The van der Waals surface area contributed by atoms with Gasteiger partial charge in [-0.05, 0) is 30.2 Å². The van der Waals surface area contributed by atoms with Gasteiger partial charge in [0.25, 0.3) is 0 Å². The van der Waals surface area contributed by atoms with E-state index in [-0.39, 0.29) is 0 Å². The van der Waals surface area contributed by atoms with E-state index in [0.29, 0.717) is 18.6 Å². The molecule has 0 saturated heterocycles. The Labute approximate surface area is 144 Å². The Balaban J connectivity index is 2.52. The lowest BCUT2D eigenvalue weighted by Gasteiger charge is -2.20. The molecule has 1 amide bonds. The minimum atomic E-state index is -0.467. The van der Waals surface area contributed by atoms with E-state index in [1.807, 2.05) is 13.0 Å². The fourth-order valence-corrected chi connectivity index (χ4v) is 2.12. The summed E-state index contributed by atoms with van der Waals surface area (Å²) in [5.41, 5.74) is 0.421. The van der Waals surface area contributed by atoms with E-state index < -0.39 is 11.9 Å². The zero-order valence-corrected chi connectivity index (χ0v) is 14.8. The maximum absolute atomic E-state index is 12.4. The second-order valence-electron chi connectivity index (χ2n) is 5.74. The van der Waals surface area contributed by atoms with Gasteiger partial charge < -0.3 is 4.84 Å². The molecule has 0 bridgehead atoms. The Hall–Kier alpha value is -1.88. The summed E-state index contributed by atoms with van der Waals surface area (Å²) in [5, 5.41) is 0.735. The van der Waals surface area contributed by atoms with Crippen molar-refractivity contribution in [3.63, 3.8) is 0 Å². The number of rotatable bonds is 11. The Morgan fingerprint density at radius 3 is 2.25 bits per heavy atom. The lowest BCUT2D eigenvalue weighted by molar-refractivity contribution is -0.308. The average Bonchev–Trinajstić information content (AvgIpc) is 2.61. The second-order valence-corrected chi connectivity index (χ2v) is 5.74. The highest BCUT2D eigenvalue weighted by Gasteiger charge is 2.21. The van der Waals surface area contributed by atoms with E-state index in [0.717, 1.165) is 43.8 Å². The Kier molecular flexibility index (Phi) is 10.5. The van der Waals surface area contributed by atoms with E-state index in [4.69, 9.17) is 9.68 Å². The molecule has 1 rings (SSSR count). The number of nitrogens with zero attached hydrogens (tertiary/aromatic N) is 1. The molecule has 0 aromatic heterocycles. The fraction of sp³-hybridized carbons (Fsp3) is 0.579. The molecule has 1 aromatic rings. The number of hydrogen-bond acceptors (Lipinski definition) is 4. The maximum atomic E-state index is 12.4. The quantitative estimate of drug-likeness (QED) is 0.435. The third-order valence-corrected chi connectivity index (χ3v) is 3.56. The van der Waals surface area contributed by atoms with Crippen LogP contribution in [0.15, 0.2) is 30.3 Å². The Morgan fingerprint density at radius 2 is 1.58 bits per heavy atom. The van der Waals surface area contributed by atoms with Crippen LogP contribution in [0.1, 0.15) is 75.6 Å². The molecule has 0 aliphatic heterocycles. The molecule has 0 radical (unpaired) electrons. The molecule has 134 valence electrons. The van der Waals surface area contributed by atoms with Crippen LogP contribution in [0.2, 0.25) is 0 Å². The first kappa shape index (κ1) is 20.2. The standard InChI is InChI=1S/C19H29NO4/c1-3-5-7-8-12-15-18(21)24-20(23-16-6-4-2)19(22)17-13-10-9-11-14-17/h9-11,13-14H,3-8,12,15-16H2,1-2H3. The van der Waals surface area contributed by atoms with Crippen LogP contribution in [0.25, 0.3) is 0 Å². The highest BCUT2D eigenvalue weighted by molar-refractivity contribution is 5.93. The highest BCUT2D eigenvalue weighted by Crippen LogP contribution is 2.10. The molecule has 1 aromatic carbocycles. The van der Waals surface area contributed by atoms with Crippen LogP contribution in [-0.4, -0.2) is 23.7 Å². The van der Waals surface area contributed by atoms with E-state index >= 15 is 0 Å². The molecule has 0 atom stereocenters. The topological polar surface area (TPSA) is 55.8 Å². The summed E-state index contributed by atoms with van der Waals surface area (Å²) in [6.07, 6.45) is 7.21. The number of hydrogen-bond donors (Lipinski definition) is 0. The van der Waals surface area contributed by atoms with Gasteiger partial charge in [-0.2, -0.15) is 0 Å². The first-order valence-electron chi connectivity index (χ1n) is 8.92. The Morgan fingerprint density at radius 1 is 0.917 bits per heavy atom. The van der Waals surface area contributed by atoms with Crippen LogP contribution in [0.4, 0.5) is 0 Å². The van der Waals surface area contributed by atoms with Crippen LogP contribution < -0.4 is 0 Å². The van der Waals surface area contributed by atoms with E-state index in [1.54, 1.807) is 24.3 Å². The summed E-state index contributed by atoms with van der Waals surface area (Å²) >= 11 is 0. The number of unbranched alkanes of at least 4 members (excludes halogenated alkanes) is 5. The van der Waals surface area contributed by atoms with E-state index in [1.165, 1.54) is 6.42 Å². The van der Waals surface area contributed by atoms with Crippen molar-refractivity contribution in [2.24, 2.45) is 0 Å². The summed E-state index contributed by atoms with van der Waals surface area (Å²) < 4.78 is 0. The van der Waals surface area contributed by atoms with Gasteiger partial charge in [0, 0.05) is 12.0 Å². The van der Waals surface area contributed by atoms with Crippen molar-refractivity contribution in [2.75, 3.05) is 6.61 Å². The molecule has 0 fully saturated rings. The van der Waals surface area contributed by atoms with E-state index in [9.17, 15) is 9.59 Å². The number of hydroxylamine groups is 2. The molecule has 0 unspecified atom stereocenters. The number of carbonyl (C=O) groups excluding carboxylic acids is 2. The predicted octanol–water partition coefficient (Wildman–Crippen LogP) is 4.68. The maximum Gasteiger partial charge on any atom is 0.335 e. The summed E-state index contributed by atoms with van der Waals surface area (Å²) in [6, 6.07) is 8.66. The largest absolute Gasteiger partial charge is 0.335 e. The lowest BCUT2D eigenvalue weighted by atomic mass is 10.1. The lowest BCUT2D eigenvalue weighted by Crippen LogP contribution is -2.34. The first-order valence-corrected chi connectivity index (χ1v) is 8.92. The molecule has 5 nitrogen and oxygen atoms in total. The van der Waals surface area contributed by atoms with Crippen molar-refractivity contribution in [3.05, 3.63) is 35.9 Å². The summed E-state index contributed by atoms with van der Waals surface area (Å²) in [5.74, 6) is -0.904. The van der Waals surface area contributed by atoms with Crippen molar-refractivity contribution in [1.82, 2.24) is 5.23 Å². The van der Waals surface area contributed by atoms with Crippen LogP contribution >= 0.6 is 0 Å². The van der Waals surface area contributed by atoms with Gasteiger partial charge in [-0.15, -0.1) is 0 Å². The minimum absolute atomic E-state index is 0.291. The number of benzene rings is 1. The smallest absolute Gasteiger partial charge is 0.312 e. The van der Waals surface area contributed by atoms with Crippen molar-refractivity contribution in [3.8, 4) is 0 Å². The number of amides is 1. The van der Waals surface area contributed by atoms with Gasteiger partial charge in [0.05, 0.1) is 6.61 Å². The van der Waals surface area contributed by atoms with Crippen LogP contribution in [0.5, 0.6) is 0 Å². The fourth-order valence-electron chi connectivity index (χ4n) is 2.12. The van der Waals surface area contributed by atoms with Gasteiger partial charge in [-0.1, -0.05) is 64.2 Å². The van der Waals surface area contributed by atoms with Crippen LogP contribution in [0.3, 0.4) is 0 Å². The molecule has 0 heterocycles. The molecule has 0 N–H and O–H groups in total. The summed E-state index contributed by atoms with van der Waals surface area (Å²) in [6.45, 7) is 4.50. The molecule has 0 aliphatic carbocycles. The summed E-state index contributed by atoms with van der Waals surface area (Å²) in [4.78, 5) is 34.9. The molecule has 0 aliphatic rings. The zero-order valence-electron chi connectivity index (χ0n) is 14.8. The SMILES string of the molecule is CCCCCCCC(=O)ON(OCCCC)C(=O)c1ccccc1. The molecule has 0 saturated carbocycles.